The molecule has 0 unspecified atom stereocenters. The molecule has 8 heteroatoms. The molecule has 0 spiro atoms. The second kappa shape index (κ2) is 6.25. The van der Waals surface area contributed by atoms with Gasteiger partial charge in [-0.25, -0.2) is 0 Å². The number of nitrogens with one attached hydrogen (secondary N) is 1. The monoisotopic (exact) mass is 280 g/mol. The quantitative estimate of drug-likeness (QED) is 0.743. The molecular weight excluding hydrogens is 271 g/mol. The van der Waals surface area contributed by atoms with Crippen molar-refractivity contribution in [3.63, 3.8) is 0 Å². The smallest absolute Gasteiger partial charge is 0.497 e. The molecule has 2 aromatic rings. The number of aromatic nitrogens is 2. The van der Waals surface area contributed by atoms with Crippen LogP contribution in [0.15, 0.2) is 30.3 Å². The largest absolute Gasteiger partial charge is 1.00 e. The maximum absolute atomic E-state index is 12.4. The predicted molar refractivity (Wildman–Crippen MR) is 59.3 cm³/mol. The van der Waals surface area contributed by atoms with Gasteiger partial charge in [-0.15, -0.1) is 0 Å². The summed E-state index contributed by atoms with van der Waals surface area (Å²) in [5, 5.41) is 5.63. The van der Waals surface area contributed by atoms with E-state index in [4.69, 9.17) is 4.74 Å². The fourth-order valence-corrected chi connectivity index (χ4v) is 1.41. The molecule has 1 heterocycles. The summed E-state index contributed by atoms with van der Waals surface area (Å²) in [6.45, 7) is -5.04. The van der Waals surface area contributed by atoms with Crippen molar-refractivity contribution in [2.75, 3.05) is 7.11 Å². The maximum atomic E-state index is 12.4. The number of aromatic amines is 1. The molecular formula is C10H9BF3KN2O. The van der Waals surface area contributed by atoms with Crippen LogP contribution in [0, 0.1) is 0 Å². The molecule has 0 aliphatic heterocycles. The first-order chi connectivity index (χ1) is 8.00. The van der Waals surface area contributed by atoms with Crippen LogP contribution in [0.4, 0.5) is 12.9 Å². The average Bonchev–Trinajstić information content (AvgIpc) is 2.78. The number of halogens is 3. The predicted octanol–water partition coefficient (Wildman–Crippen LogP) is -0.856. The standard InChI is InChI=1S/C10H9BF3N2O.K/c1-17-8-4-2-7(3-5-8)9-6-10(16-15-9)11(12,13)14;/h2-6H,1H3,(H,15,16);/q-1;+1. The van der Waals surface area contributed by atoms with Crippen molar-refractivity contribution in [1.82, 2.24) is 10.2 Å². The van der Waals surface area contributed by atoms with Crippen molar-refractivity contribution in [2.24, 2.45) is 0 Å². The van der Waals surface area contributed by atoms with Crippen LogP contribution in [0.2, 0.25) is 0 Å². The Morgan fingerprint density at radius 1 is 1.17 bits per heavy atom. The Morgan fingerprint density at radius 3 is 2.22 bits per heavy atom. The molecule has 0 fully saturated rings. The number of hydrogen-bond donors (Lipinski definition) is 1. The molecule has 1 aromatic heterocycles. The van der Waals surface area contributed by atoms with Gasteiger partial charge in [0.25, 0.3) is 0 Å². The summed E-state index contributed by atoms with van der Waals surface area (Å²) in [5.74, 6) is 0.643. The molecule has 18 heavy (non-hydrogen) atoms. The minimum atomic E-state index is -5.04. The van der Waals surface area contributed by atoms with Crippen LogP contribution in [0.1, 0.15) is 0 Å². The normalized spacial score (nSPS) is 10.9. The molecule has 0 aliphatic carbocycles. The van der Waals surface area contributed by atoms with E-state index in [1.54, 1.807) is 24.3 Å². The minimum absolute atomic E-state index is 0. The molecule has 3 nitrogen and oxygen atoms in total. The molecule has 90 valence electrons. The molecule has 0 saturated heterocycles. The number of methoxy groups -OCH3 is 1. The zero-order chi connectivity index (χ0) is 12.5. The van der Waals surface area contributed by atoms with E-state index in [9.17, 15) is 12.9 Å². The van der Waals surface area contributed by atoms with E-state index in [-0.39, 0.29) is 57.1 Å². The summed E-state index contributed by atoms with van der Waals surface area (Å²) >= 11 is 0. The van der Waals surface area contributed by atoms with E-state index in [0.717, 1.165) is 6.07 Å². The third-order valence-corrected chi connectivity index (χ3v) is 2.34. The maximum Gasteiger partial charge on any atom is 1.00 e. The number of nitrogens with zero attached hydrogens (tertiary/aromatic N) is 1. The van der Waals surface area contributed by atoms with Gasteiger partial charge >= 0.3 is 58.4 Å². The number of benzene rings is 1. The van der Waals surface area contributed by atoms with Crippen LogP contribution < -0.4 is 61.7 Å². The first-order valence-corrected chi connectivity index (χ1v) is 4.90. The van der Waals surface area contributed by atoms with Crippen LogP contribution >= 0.6 is 0 Å². The Kier molecular flexibility index (Phi) is 5.48. The number of rotatable bonds is 3. The van der Waals surface area contributed by atoms with E-state index >= 15 is 0 Å². The van der Waals surface area contributed by atoms with Gasteiger partial charge in [-0.3, -0.25) is 0 Å². The van der Waals surface area contributed by atoms with E-state index in [2.05, 4.69) is 5.10 Å². The van der Waals surface area contributed by atoms with Crippen molar-refractivity contribution >= 4 is 12.6 Å². The van der Waals surface area contributed by atoms with Gasteiger partial charge in [0.2, 0.25) is 0 Å². The van der Waals surface area contributed by atoms with E-state index in [1.165, 1.54) is 7.11 Å². The average molecular weight is 280 g/mol. The summed E-state index contributed by atoms with van der Waals surface area (Å²) < 4.78 is 42.2. The summed E-state index contributed by atoms with van der Waals surface area (Å²) in [4.78, 5) is 0. The summed E-state index contributed by atoms with van der Waals surface area (Å²) in [5.41, 5.74) is 0.0750. The molecule has 0 amide bonds. The van der Waals surface area contributed by atoms with Crippen molar-refractivity contribution in [3.8, 4) is 17.0 Å². The molecule has 0 radical (unpaired) electrons. The van der Waals surface area contributed by atoms with Crippen LogP contribution in [0.25, 0.3) is 11.3 Å². The van der Waals surface area contributed by atoms with Crippen LogP contribution in [-0.2, 0) is 0 Å². The third-order valence-electron chi connectivity index (χ3n) is 2.34. The molecule has 2 rings (SSSR count). The zero-order valence-corrected chi connectivity index (χ0v) is 13.1. The number of hydrogen-bond acceptors (Lipinski definition) is 2. The van der Waals surface area contributed by atoms with Gasteiger partial charge < -0.3 is 22.8 Å². The Labute approximate surface area is 145 Å². The van der Waals surface area contributed by atoms with E-state index in [1.807, 2.05) is 5.10 Å². The first-order valence-electron chi connectivity index (χ1n) is 4.90. The van der Waals surface area contributed by atoms with E-state index < -0.39 is 12.6 Å². The molecule has 0 atom stereocenters. The van der Waals surface area contributed by atoms with Crippen LogP contribution in [0.5, 0.6) is 5.75 Å². The van der Waals surface area contributed by atoms with Crippen molar-refractivity contribution < 1.29 is 69.1 Å². The number of H-pyrrole nitrogens is 1. The second-order valence-electron chi connectivity index (χ2n) is 3.51. The van der Waals surface area contributed by atoms with Crippen molar-refractivity contribution in [2.45, 2.75) is 0 Å². The fourth-order valence-electron chi connectivity index (χ4n) is 1.41. The molecule has 0 bridgehead atoms. The number of ether oxygens (including phenoxy) is 1. The Morgan fingerprint density at radius 2 is 1.78 bits per heavy atom. The molecule has 1 N–H and O–H groups in total. The summed E-state index contributed by atoms with van der Waals surface area (Å²) in [6, 6.07) is 7.65. The van der Waals surface area contributed by atoms with Crippen LogP contribution in [-0.4, -0.2) is 24.3 Å². The van der Waals surface area contributed by atoms with Gasteiger partial charge in [0.15, 0.2) is 0 Å². The minimum Gasteiger partial charge on any atom is -0.497 e. The van der Waals surface area contributed by atoms with Gasteiger partial charge in [-0.2, -0.15) is 5.10 Å². The summed E-state index contributed by atoms with van der Waals surface area (Å²) in [7, 11) is 1.52. The Hall–Kier alpha value is -0.279. The van der Waals surface area contributed by atoms with E-state index in [0.29, 0.717) is 11.3 Å². The third kappa shape index (κ3) is 3.61. The van der Waals surface area contributed by atoms with Gasteiger partial charge in [0.05, 0.1) is 12.8 Å². The molecule has 1 aromatic carbocycles. The first kappa shape index (κ1) is 15.8. The Bertz CT molecular complexity index is 513. The molecule has 0 saturated carbocycles. The van der Waals surface area contributed by atoms with Crippen molar-refractivity contribution in [1.29, 1.82) is 0 Å². The SMILES string of the molecule is COc1ccc(-c2cc([B-](F)(F)F)[nH]n2)cc1.[K+]. The topological polar surface area (TPSA) is 37.9 Å². The second-order valence-corrected chi connectivity index (χ2v) is 3.51. The fraction of sp³-hybridized carbons (Fsp3) is 0.100. The summed E-state index contributed by atoms with van der Waals surface area (Å²) in [6.07, 6.45) is 0. The van der Waals surface area contributed by atoms with Gasteiger partial charge in [-0.05, 0) is 35.9 Å². The van der Waals surface area contributed by atoms with Gasteiger partial charge in [0, 0.05) is 5.56 Å². The zero-order valence-electron chi connectivity index (χ0n) is 9.95. The van der Waals surface area contributed by atoms with Crippen LogP contribution in [0.3, 0.4) is 0 Å². The van der Waals surface area contributed by atoms with Gasteiger partial charge in [0.1, 0.15) is 5.75 Å². The van der Waals surface area contributed by atoms with Crippen molar-refractivity contribution in [3.05, 3.63) is 30.3 Å². The molecule has 0 aliphatic rings. The Balaban J connectivity index is 0.00000162. The van der Waals surface area contributed by atoms with Gasteiger partial charge in [-0.1, -0.05) is 0 Å².